The minimum absolute atomic E-state index is 0.00612. The molecule has 0 amide bonds. The molecule has 0 aromatic heterocycles. The number of ether oxygens (including phenoxy) is 1. The number of carbonyl (C=O) groups excluding carboxylic acids is 2. The number of Topliss-reactive ketones (excluding diaryl/α,β-unsaturated/α-hetero) is 1. The second-order valence-electron chi connectivity index (χ2n) is 6.03. The Hall–Kier alpha value is -3.21. The summed E-state index contributed by atoms with van der Waals surface area (Å²) in [6.07, 6.45) is 2.27. The average molecular weight is 348 g/mol. The standard InChI is InChI=1S/C21H20N2O3/c1-2-26-21(25)17-11-15-8-9-16(12-18(15)23-20(22)13-17)19(24)10-14-6-4-3-5-7-14/h3-9,11-12H,2,10,13H2,1H3,(H2,22,23). The predicted octanol–water partition coefficient (Wildman–Crippen LogP) is 3.45. The number of nitrogens with two attached hydrogens (primary N) is 1. The van der Waals surface area contributed by atoms with Crippen molar-refractivity contribution < 1.29 is 14.3 Å². The number of aliphatic imine (C=N–C) groups is 1. The van der Waals surface area contributed by atoms with Crippen LogP contribution in [0.15, 0.2) is 59.1 Å². The minimum Gasteiger partial charge on any atom is -0.463 e. The maximum Gasteiger partial charge on any atom is 0.334 e. The number of benzene rings is 2. The average Bonchev–Trinajstić information content (AvgIpc) is 2.80. The van der Waals surface area contributed by atoms with E-state index in [1.165, 1.54) is 0 Å². The molecule has 0 saturated heterocycles. The number of rotatable bonds is 5. The van der Waals surface area contributed by atoms with Gasteiger partial charge in [0.2, 0.25) is 0 Å². The number of nitrogens with zero attached hydrogens (tertiary/aromatic N) is 1. The van der Waals surface area contributed by atoms with Crippen LogP contribution in [0, 0.1) is 0 Å². The molecule has 3 rings (SSSR count). The number of hydrogen-bond acceptors (Lipinski definition) is 5. The Bertz CT molecular complexity index is 899. The van der Waals surface area contributed by atoms with Gasteiger partial charge >= 0.3 is 5.97 Å². The number of esters is 1. The molecule has 1 aliphatic heterocycles. The predicted molar refractivity (Wildman–Crippen MR) is 101 cm³/mol. The van der Waals surface area contributed by atoms with Crippen molar-refractivity contribution in [3.63, 3.8) is 0 Å². The van der Waals surface area contributed by atoms with Gasteiger partial charge in [-0.3, -0.25) is 4.79 Å². The number of amidine groups is 1. The largest absolute Gasteiger partial charge is 0.463 e. The first-order valence-electron chi connectivity index (χ1n) is 8.48. The third kappa shape index (κ3) is 4.06. The molecule has 5 heteroatoms. The fourth-order valence-electron chi connectivity index (χ4n) is 2.80. The van der Waals surface area contributed by atoms with Gasteiger partial charge in [0, 0.05) is 29.5 Å². The van der Waals surface area contributed by atoms with Gasteiger partial charge < -0.3 is 10.5 Å². The van der Waals surface area contributed by atoms with E-state index in [2.05, 4.69) is 4.99 Å². The van der Waals surface area contributed by atoms with Gasteiger partial charge in [0.15, 0.2) is 5.78 Å². The van der Waals surface area contributed by atoms with Crippen molar-refractivity contribution in [2.45, 2.75) is 19.8 Å². The molecule has 0 saturated carbocycles. The van der Waals surface area contributed by atoms with E-state index in [1.54, 1.807) is 31.2 Å². The smallest absolute Gasteiger partial charge is 0.334 e. The van der Waals surface area contributed by atoms with Crippen LogP contribution >= 0.6 is 0 Å². The topological polar surface area (TPSA) is 81.8 Å². The molecule has 0 aliphatic carbocycles. The Kier molecular flexibility index (Phi) is 5.27. The SMILES string of the molecule is CCOC(=O)C1=Cc2ccc(C(=O)Cc3ccccc3)cc2N=C(N)C1. The molecule has 0 atom stereocenters. The van der Waals surface area contributed by atoms with Crippen LogP contribution in [0.3, 0.4) is 0 Å². The van der Waals surface area contributed by atoms with Crippen molar-refractivity contribution in [1.82, 2.24) is 0 Å². The number of hydrogen-bond donors (Lipinski definition) is 1. The fraction of sp³-hybridized carbons (Fsp3) is 0.190. The van der Waals surface area contributed by atoms with E-state index in [0.717, 1.165) is 11.1 Å². The first-order chi connectivity index (χ1) is 12.6. The Labute approximate surface area is 152 Å². The minimum atomic E-state index is -0.400. The summed E-state index contributed by atoms with van der Waals surface area (Å²) in [6.45, 7) is 2.05. The number of ketones is 1. The van der Waals surface area contributed by atoms with Gasteiger partial charge in [-0.1, -0.05) is 42.5 Å². The molecular weight excluding hydrogens is 328 g/mol. The van der Waals surface area contributed by atoms with Crippen molar-refractivity contribution in [2.75, 3.05) is 6.61 Å². The molecule has 2 N–H and O–H groups in total. The van der Waals surface area contributed by atoms with E-state index < -0.39 is 5.97 Å². The van der Waals surface area contributed by atoms with Crippen LogP contribution in [0.25, 0.3) is 6.08 Å². The van der Waals surface area contributed by atoms with Crippen molar-refractivity contribution in [2.24, 2.45) is 10.7 Å². The van der Waals surface area contributed by atoms with Crippen LogP contribution in [0.2, 0.25) is 0 Å². The molecule has 2 aromatic carbocycles. The van der Waals surface area contributed by atoms with Crippen LogP contribution in [0.5, 0.6) is 0 Å². The molecule has 1 heterocycles. The summed E-state index contributed by atoms with van der Waals surface area (Å²) in [7, 11) is 0. The summed E-state index contributed by atoms with van der Waals surface area (Å²) < 4.78 is 5.06. The maximum atomic E-state index is 12.6. The number of fused-ring (bicyclic) bond motifs is 1. The molecular formula is C21H20N2O3. The van der Waals surface area contributed by atoms with E-state index in [-0.39, 0.29) is 12.2 Å². The van der Waals surface area contributed by atoms with E-state index in [4.69, 9.17) is 10.5 Å². The van der Waals surface area contributed by atoms with E-state index in [0.29, 0.717) is 35.7 Å². The molecule has 0 radical (unpaired) electrons. The highest BCUT2D eigenvalue weighted by Gasteiger charge is 2.18. The molecule has 26 heavy (non-hydrogen) atoms. The lowest BCUT2D eigenvalue weighted by Gasteiger charge is -2.06. The Morgan fingerprint density at radius 3 is 2.65 bits per heavy atom. The summed E-state index contributed by atoms with van der Waals surface area (Å²) in [5.74, 6) is -0.0787. The zero-order chi connectivity index (χ0) is 18.5. The van der Waals surface area contributed by atoms with Gasteiger partial charge in [-0.2, -0.15) is 0 Å². The van der Waals surface area contributed by atoms with Gasteiger partial charge in [-0.05, 0) is 24.6 Å². The zero-order valence-corrected chi connectivity index (χ0v) is 14.6. The second kappa shape index (κ2) is 7.78. The van der Waals surface area contributed by atoms with E-state index in [1.807, 2.05) is 30.3 Å². The van der Waals surface area contributed by atoms with Crippen molar-refractivity contribution in [3.8, 4) is 0 Å². The third-order valence-corrected chi connectivity index (χ3v) is 4.06. The summed E-state index contributed by atoms with van der Waals surface area (Å²) >= 11 is 0. The summed E-state index contributed by atoms with van der Waals surface area (Å²) in [4.78, 5) is 29.0. The monoisotopic (exact) mass is 348 g/mol. The summed E-state index contributed by atoms with van der Waals surface area (Å²) in [5, 5.41) is 0. The Morgan fingerprint density at radius 2 is 1.92 bits per heavy atom. The summed E-state index contributed by atoms with van der Waals surface area (Å²) in [6, 6.07) is 14.8. The Morgan fingerprint density at radius 1 is 1.15 bits per heavy atom. The zero-order valence-electron chi connectivity index (χ0n) is 14.6. The van der Waals surface area contributed by atoms with Crippen LogP contribution in [-0.2, 0) is 16.0 Å². The molecule has 1 aliphatic rings. The highest BCUT2D eigenvalue weighted by molar-refractivity contribution is 6.04. The lowest BCUT2D eigenvalue weighted by molar-refractivity contribution is -0.138. The van der Waals surface area contributed by atoms with Crippen molar-refractivity contribution in [3.05, 3.63) is 70.8 Å². The molecule has 0 bridgehead atoms. The highest BCUT2D eigenvalue weighted by Crippen LogP contribution is 2.28. The quantitative estimate of drug-likeness (QED) is 0.663. The molecule has 132 valence electrons. The van der Waals surface area contributed by atoms with Crippen LogP contribution in [0.1, 0.15) is 34.8 Å². The van der Waals surface area contributed by atoms with Crippen LogP contribution in [0.4, 0.5) is 5.69 Å². The Balaban J connectivity index is 1.89. The molecule has 0 fully saturated rings. The highest BCUT2D eigenvalue weighted by atomic mass is 16.5. The van der Waals surface area contributed by atoms with Crippen LogP contribution in [-0.4, -0.2) is 24.2 Å². The van der Waals surface area contributed by atoms with Gasteiger partial charge in [-0.25, -0.2) is 9.79 Å². The summed E-state index contributed by atoms with van der Waals surface area (Å²) in [5.41, 5.74) is 9.24. The van der Waals surface area contributed by atoms with Gasteiger partial charge in [0.05, 0.1) is 12.3 Å². The lowest BCUT2D eigenvalue weighted by Crippen LogP contribution is -2.16. The first kappa shape index (κ1) is 17.6. The fourth-order valence-corrected chi connectivity index (χ4v) is 2.80. The van der Waals surface area contributed by atoms with Gasteiger partial charge in [0.25, 0.3) is 0 Å². The van der Waals surface area contributed by atoms with Crippen LogP contribution < -0.4 is 5.73 Å². The number of carbonyl (C=O) groups is 2. The molecule has 2 aromatic rings. The van der Waals surface area contributed by atoms with Gasteiger partial charge in [0.1, 0.15) is 5.84 Å². The normalized spacial score (nSPS) is 13.1. The van der Waals surface area contributed by atoms with E-state index in [9.17, 15) is 9.59 Å². The first-order valence-corrected chi connectivity index (χ1v) is 8.48. The lowest BCUT2D eigenvalue weighted by atomic mass is 10.00. The molecule has 0 spiro atoms. The second-order valence-corrected chi connectivity index (χ2v) is 6.03. The molecule has 5 nitrogen and oxygen atoms in total. The maximum absolute atomic E-state index is 12.6. The van der Waals surface area contributed by atoms with Crippen molar-refractivity contribution in [1.29, 1.82) is 0 Å². The van der Waals surface area contributed by atoms with Crippen molar-refractivity contribution >= 4 is 29.4 Å². The third-order valence-electron chi connectivity index (χ3n) is 4.06. The molecule has 0 unspecified atom stereocenters. The van der Waals surface area contributed by atoms with Gasteiger partial charge in [-0.15, -0.1) is 0 Å². The van der Waals surface area contributed by atoms with E-state index >= 15 is 0 Å².